The molecule has 1 aliphatic rings. The van der Waals surface area contributed by atoms with E-state index in [1.807, 2.05) is 0 Å². The number of nitrogens with zero attached hydrogens (tertiary/aromatic N) is 4. The molecule has 4 rings (SSSR count). The first-order chi connectivity index (χ1) is 20.2. The number of rotatable bonds is 10. The minimum absolute atomic E-state index is 0.0129. The van der Waals surface area contributed by atoms with Crippen molar-refractivity contribution < 1.29 is 38.2 Å². The molecule has 1 aliphatic heterocycles. The Morgan fingerprint density at radius 1 is 0.976 bits per heavy atom. The smallest absolute Gasteiger partial charge is 0.409 e. The van der Waals surface area contributed by atoms with Crippen molar-refractivity contribution in [3.8, 4) is 11.4 Å². The van der Waals surface area contributed by atoms with Gasteiger partial charge in [-0.1, -0.05) is 30.3 Å². The quantitative estimate of drug-likeness (QED) is 0.322. The number of anilines is 1. The minimum Gasteiger partial charge on any atom is -0.481 e. The molecule has 42 heavy (non-hydrogen) atoms. The summed E-state index contributed by atoms with van der Waals surface area (Å²) in [7, 11) is 0. The second-order valence-corrected chi connectivity index (χ2v) is 9.23. The number of carbonyl (C=O) groups excluding carboxylic acids is 4. The Kier molecular flexibility index (Phi) is 9.81. The van der Waals surface area contributed by atoms with Crippen LogP contribution in [0.15, 0.2) is 59.2 Å². The lowest BCUT2D eigenvalue weighted by atomic mass is 10.1. The fourth-order valence-electron chi connectivity index (χ4n) is 4.23. The maximum absolute atomic E-state index is 13.4. The molecule has 14 heteroatoms. The van der Waals surface area contributed by atoms with Gasteiger partial charge in [-0.25, -0.2) is 14.8 Å². The normalized spacial score (nSPS) is 13.6. The maximum atomic E-state index is 13.4. The zero-order valence-electron chi connectivity index (χ0n) is 22.8. The molecule has 0 aliphatic carbocycles. The van der Waals surface area contributed by atoms with Crippen LogP contribution in [0.4, 0.5) is 10.6 Å². The van der Waals surface area contributed by atoms with Crippen LogP contribution < -0.4 is 10.6 Å². The first-order valence-corrected chi connectivity index (χ1v) is 13.3. The Bertz CT molecular complexity index is 1420. The standard InChI is InChI=1S/C28H30N6O8/c1-2-41-28(40)34-14-12-33(13-15-34)27(39)19(10-11-23(35)36)30-25(37)20-17-22(32-26(38)21-9-6-16-42-21)31-24(29-20)18-7-4-3-5-8-18/h3-9,16-17,19H,2,10-15H2,1H3,(H,30,37)(H,35,36)(H,29,31,32,38)/t19-/m0/s1. The molecule has 3 N–H and O–H groups in total. The summed E-state index contributed by atoms with van der Waals surface area (Å²) in [5.41, 5.74) is 0.414. The van der Waals surface area contributed by atoms with E-state index in [-0.39, 0.29) is 68.7 Å². The van der Waals surface area contributed by atoms with Crippen molar-refractivity contribution in [3.63, 3.8) is 0 Å². The molecule has 3 heterocycles. The minimum atomic E-state index is -1.18. The Morgan fingerprint density at radius 2 is 1.69 bits per heavy atom. The molecule has 0 spiro atoms. The summed E-state index contributed by atoms with van der Waals surface area (Å²) in [6.45, 7) is 2.76. The molecule has 14 nitrogen and oxygen atoms in total. The highest BCUT2D eigenvalue weighted by Gasteiger charge is 2.31. The number of hydrogen-bond donors (Lipinski definition) is 3. The lowest BCUT2D eigenvalue weighted by molar-refractivity contribution is -0.138. The van der Waals surface area contributed by atoms with E-state index in [9.17, 15) is 29.1 Å². The molecule has 220 valence electrons. The van der Waals surface area contributed by atoms with Gasteiger partial charge in [0.25, 0.3) is 11.8 Å². The van der Waals surface area contributed by atoms with Gasteiger partial charge in [0, 0.05) is 44.2 Å². The van der Waals surface area contributed by atoms with Crippen LogP contribution in [-0.2, 0) is 14.3 Å². The molecular weight excluding hydrogens is 548 g/mol. The van der Waals surface area contributed by atoms with Crippen molar-refractivity contribution in [2.75, 3.05) is 38.1 Å². The van der Waals surface area contributed by atoms with Crippen molar-refractivity contribution in [2.45, 2.75) is 25.8 Å². The molecule has 1 saturated heterocycles. The molecule has 3 aromatic rings. The summed E-state index contributed by atoms with van der Waals surface area (Å²) >= 11 is 0. The van der Waals surface area contributed by atoms with Gasteiger partial charge in [-0.05, 0) is 25.5 Å². The number of aromatic nitrogens is 2. The van der Waals surface area contributed by atoms with Gasteiger partial charge in [-0.2, -0.15) is 0 Å². The molecule has 0 radical (unpaired) electrons. The van der Waals surface area contributed by atoms with Crippen molar-refractivity contribution in [1.29, 1.82) is 0 Å². The third kappa shape index (κ3) is 7.68. The monoisotopic (exact) mass is 578 g/mol. The third-order valence-corrected chi connectivity index (χ3v) is 6.34. The predicted octanol–water partition coefficient (Wildman–Crippen LogP) is 2.25. The van der Waals surface area contributed by atoms with Crippen LogP contribution in [0.25, 0.3) is 11.4 Å². The number of ether oxygens (including phenoxy) is 1. The Morgan fingerprint density at radius 3 is 2.33 bits per heavy atom. The summed E-state index contributed by atoms with van der Waals surface area (Å²) in [6, 6.07) is 11.9. The van der Waals surface area contributed by atoms with Gasteiger partial charge in [-0.15, -0.1) is 0 Å². The van der Waals surface area contributed by atoms with E-state index in [4.69, 9.17) is 9.15 Å². The lowest BCUT2D eigenvalue weighted by Crippen LogP contribution is -2.56. The molecule has 1 aromatic carbocycles. The average Bonchev–Trinajstić information content (AvgIpc) is 3.55. The molecule has 2 aromatic heterocycles. The second kappa shape index (κ2) is 13.9. The fourth-order valence-corrected chi connectivity index (χ4v) is 4.23. The summed E-state index contributed by atoms with van der Waals surface area (Å²) in [5.74, 6) is -2.80. The van der Waals surface area contributed by atoms with E-state index in [0.29, 0.717) is 5.56 Å². The summed E-state index contributed by atoms with van der Waals surface area (Å²) in [6.07, 6.45) is 0.321. The van der Waals surface area contributed by atoms with Gasteiger partial charge in [0.2, 0.25) is 5.91 Å². The van der Waals surface area contributed by atoms with E-state index in [1.54, 1.807) is 43.3 Å². The molecule has 0 bridgehead atoms. The number of benzene rings is 1. The van der Waals surface area contributed by atoms with Gasteiger partial charge in [0.15, 0.2) is 11.6 Å². The van der Waals surface area contributed by atoms with Crippen LogP contribution in [0.1, 0.15) is 40.8 Å². The van der Waals surface area contributed by atoms with Gasteiger partial charge in [-0.3, -0.25) is 19.2 Å². The number of carbonyl (C=O) groups is 5. The van der Waals surface area contributed by atoms with E-state index in [0.717, 1.165) is 0 Å². The zero-order valence-corrected chi connectivity index (χ0v) is 22.8. The predicted molar refractivity (Wildman–Crippen MR) is 147 cm³/mol. The molecule has 0 saturated carbocycles. The number of carboxylic acid groups (broad SMARTS) is 1. The lowest BCUT2D eigenvalue weighted by Gasteiger charge is -2.35. The van der Waals surface area contributed by atoms with Gasteiger partial charge in [0.05, 0.1) is 12.9 Å². The van der Waals surface area contributed by atoms with Crippen LogP contribution in [0.3, 0.4) is 0 Å². The Labute approximate surface area is 240 Å². The largest absolute Gasteiger partial charge is 0.481 e. The van der Waals surface area contributed by atoms with Crippen LogP contribution in [0.2, 0.25) is 0 Å². The van der Waals surface area contributed by atoms with Gasteiger partial charge < -0.3 is 34.7 Å². The van der Waals surface area contributed by atoms with E-state index in [2.05, 4.69) is 20.6 Å². The molecule has 1 fully saturated rings. The summed E-state index contributed by atoms with van der Waals surface area (Å²) in [5, 5.41) is 14.4. The SMILES string of the molecule is CCOC(=O)N1CCN(C(=O)[C@H](CCC(=O)O)NC(=O)c2cc(NC(=O)c3ccco3)nc(-c3ccccc3)n2)CC1. The number of furan rings is 1. The number of piperazine rings is 1. The van der Waals surface area contributed by atoms with Crippen LogP contribution in [-0.4, -0.2) is 93.5 Å². The maximum Gasteiger partial charge on any atom is 0.409 e. The van der Waals surface area contributed by atoms with Crippen LogP contribution in [0.5, 0.6) is 0 Å². The average molecular weight is 579 g/mol. The molecule has 0 unspecified atom stereocenters. The van der Waals surface area contributed by atoms with Crippen molar-refractivity contribution in [2.24, 2.45) is 0 Å². The van der Waals surface area contributed by atoms with Crippen molar-refractivity contribution >= 4 is 35.6 Å². The van der Waals surface area contributed by atoms with Crippen LogP contribution in [0, 0.1) is 0 Å². The number of carboxylic acids is 1. The molecule has 1 atom stereocenters. The number of nitrogens with one attached hydrogen (secondary N) is 2. The number of hydrogen-bond acceptors (Lipinski definition) is 9. The fraction of sp³-hybridized carbons (Fsp3) is 0.321. The van der Waals surface area contributed by atoms with Gasteiger partial charge in [0.1, 0.15) is 17.6 Å². The number of aliphatic carboxylic acids is 1. The summed E-state index contributed by atoms with van der Waals surface area (Å²) in [4.78, 5) is 74.4. The first-order valence-electron chi connectivity index (χ1n) is 13.3. The van der Waals surface area contributed by atoms with E-state index in [1.165, 1.54) is 28.2 Å². The van der Waals surface area contributed by atoms with Crippen LogP contribution >= 0.6 is 0 Å². The van der Waals surface area contributed by atoms with Crippen molar-refractivity contribution in [1.82, 2.24) is 25.1 Å². The van der Waals surface area contributed by atoms with E-state index < -0.39 is 35.8 Å². The zero-order chi connectivity index (χ0) is 30.1. The topological polar surface area (TPSA) is 184 Å². The third-order valence-electron chi connectivity index (χ3n) is 6.34. The molecular formula is C28H30N6O8. The van der Waals surface area contributed by atoms with E-state index >= 15 is 0 Å². The summed E-state index contributed by atoms with van der Waals surface area (Å²) < 4.78 is 10.1. The highest BCUT2D eigenvalue weighted by Crippen LogP contribution is 2.19. The number of amides is 4. The highest BCUT2D eigenvalue weighted by molar-refractivity contribution is 6.03. The molecule has 4 amide bonds. The van der Waals surface area contributed by atoms with Gasteiger partial charge >= 0.3 is 12.1 Å². The Hall–Kier alpha value is -5.27. The van der Waals surface area contributed by atoms with Crippen molar-refractivity contribution in [3.05, 3.63) is 66.2 Å². The highest BCUT2D eigenvalue weighted by atomic mass is 16.6. The Balaban J connectivity index is 1.55. The second-order valence-electron chi connectivity index (χ2n) is 9.23. The first kappa shape index (κ1) is 29.7.